The number of amides is 1. The second kappa shape index (κ2) is 7.02. The Morgan fingerprint density at radius 1 is 1.47 bits per heavy atom. The minimum atomic E-state index is -0.327. The molecular weight excluding hydrogens is 242 g/mol. The van der Waals surface area contributed by atoms with Crippen LogP contribution in [0.5, 0.6) is 5.75 Å². The van der Waals surface area contributed by atoms with E-state index in [0.29, 0.717) is 25.7 Å². The maximum atomic E-state index is 11.4. The SMILES string of the molecule is CCCCOC(=O)NCC1COc2ccccc2C1. The number of nitrogens with one attached hydrogen (secondary N) is 1. The number of alkyl carbamates (subject to hydrolysis) is 1. The Morgan fingerprint density at radius 2 is 2.32 bits per heavy atom. The zero-order valence-electron chi connectivity index (χ0n) is 11.4. The predicted octanol–water partition coefficient (Wildman–Crippen LogP) is 2.76. The van der Waals surface area contributed by atoms with Gasteiger partial charge in [0, 0.05) is 12.5 Å². The maximum absolute atomic E-state index is 11.4. The van der Waals surface area contributed by atoms with Crippen LogP contribution in [0.1, 0.15) is 25.3 Å². The summed E-state index contributed by atoms with van der Waals surface area (Å²) in [7, 11) is 0. The molecule has 1 aromatic rings. The first-order valence-electron chi connectivity index (χ1n) is 6.91. The molecule has 1 amide bonds. The van der Waals surface area contributed by atoms with Crippen molar-refractivity contribution in [3.8, 4) is 5.75 Å². The number of ether oxygens (including phenoxy) is 2. The van der Waals surface area contributed by atoms with E-state index in [0.717, 1.165) is 25.0 Å². The van der Waals surface area contributed by atoms with Crippen LogP contribution in [0.15, 0.2) is 24.3 Å². The molecule has 104 valence electrons. The topological polar surface area (TPSA) is 47.6 Å². The van der Waals surface area contributed by atoms with Gasteiger partial charge in [0.25, 0.3) is 0 Å². The molecule has 1 heterocycles. The molecule has 0 saturated heterocycles. The Bertz CT molecular complexity index is 420. The number of rotatable bonds is 5. The predicted molar refractivity (Wildman–Crippen MR) is 73.4 cm³/mol. The van der Waals surface area contributed by atoms with Crippen LogP contribution in [0.3, 0.4) is 0 Å². The molecule has 4 nitrogen and oxygen atoms in total. The lowest BCUT2D eigenvalue weighted by Gasteiger charge is -2.25. The lowest BCUT2D eigenvalue weighted by Crippen LogP contribution is -2.35. The summed E-state index contributed by atoms with van der Waals surface area (Å²) in [6, 6.07) is 8.04. The molecule has 19 heavy (non-hydrogen) atoms. The summed E-state index contributed by atoms with van der Waals surface area (Å²) in [5, 5.41) is 2.80. The number of fused-ring (bicyclic) bond motifs is 1. The smallest absolute Gasteiger partial charge is 0.407 e. The van der Waals surface area contributed by atoms with Crippen LogP contribution in [0.25, 0.3) is 0 Å². The van der Waals surface area contributed by atoms with Gasteiger partial charge in [-0.2, -0.15) is 0 Å². The Labute approximate surface area is 114 Å². The second-order valence-corrected chi connectivity index (χ2v) is 4.86. The van der Waals surface area contributed by atoms with E-state index in [4.69, 9.17) is 9.47 Å². The molecule has 1 aliphatic rings. The van der Waals surface area contributed by atoms with Crippen LogP contribution in [-0.4, -0.2) is 25.9 Å². The van der Waals surface area contributed by atoms with Gasteiger partial charge < -0.3 is 14.8 Å². The molecule has 0 aromatic heterocycles. The molecule has 1 N–H and O–H groups in total. The molecule has 1 aromatic carbocycles. The number of hydrogen-bond donors (Lipinski definition) is 1. The molecule has 2 rings (SSSR count). The molecule has 0 saturated carbocycles. The standard InChI is InChI=1S/C15H21NO3/c1-2-3-8-18-15(17)16-10-12-9-13-6-4-5-7-14(13)19-11-12/h4-7,12H,2-3,8-11H2,1H3,(H,16,17). The number of carbonyl (C=O) groups excluding carboxylic acids is 1. The normalized spacial score (nSPS) is 17.2. The van der Waals surface area contributed by atoms with E-state index in [1.165, 1.54) is 5.56 Å². The number of para-hydroxylation sites is 1. The molecule has 1 atom stereocenters. The Kier molecular flexibility index (Phi) is 5.07. The van der Waals surface area contributed by atoms with E-state index in [-0.39, 0.29) is 6.09 Å². The van der Waals surface area contributed by atoms with Crippen LogP contribution >= 0.6 is 0 Å². The van der Waals surface area contributed by atoms with Gasteiger partial charge in [-0.15, -0.1) is 0 Å². The third kappa shape index (κ3) is 4.16. The van der Waals surface area contributed by atoms with Crippen molar-refractivity contribution in [2.45, 2.75) is 26.2 Å². The number of carbonyl (C=O) groups is 1. The highest BCUT2D eigenvalue weighted by Crippen LogP contribution is 2.26. The van der Waals surface area contributed by atoms with Crippen LogP contribution in [-0.2, 0) is 11.2 Å². The molecule has 1 unspecified atom stereocenters. The lowest BCUT2D eigenvalue weighted by molar-refractivity contribution is 0.139. The fraction of sp³-hybridized carbons (Fsp3) is 0.533. The van der Waals surface area contributed by atoms with Gasteiger partial charge in [0.05, 0.1) is 13.2 Å². The van der Waals surface area contributed by atoms with Gasteiger partial charge in [-0.05, 0) is 24.5 Å². The van der Waals surface area contributed by atoms with E-state index in [2.05, 4.69) is 18.3 Å². The van der Waals surface area contributed by atoms with Crippen molar-refractivity contribution in [2.75, 3.05) is 19.8 Å². The molecule has 1 aliphatic heterocycles. The molecular formula is C15H21NO3. The van der Waals surface area contributed by atoms with E-state index < -0.39 is 0 Å². The zero-order chi connectivity index (χ0) is 13.5. The van der Waals surface area contributed by atoms with Crippen molar-refractivity contribution in [3.05, 3.63) is 29.8 Å². The van der Waals surface area contributed by atoms with Crippen molar-refractivity contribution in [2.24, 2.45) is 5.92 Å². The highest BCUT2D eigenvalue weighted by atomic mass is 16.5. The average molecular weight is 263 g/mol. The molecule has 4 heteroatoms. The molecule has 0 spiro atoms. The Balaban J connectivity index is 1.72. The molecule has 0 aliphatic carbocycles. The number of hydrogen-bond acceptors (Lipinski definition) is 3. The molecule has 0 fully saturated rings. The fourth-order valence-electron chi connectivity index (χ4n) is 2.11. The van der Waals surface area contributed by atoms with Crippen LogP contribution in [0, 0.1) is 5.92 Å². The Morgan fingerprint density at radius 3 is 3.16 bits per heavy atom. The zero-order valence-corrected chi connectivity index (χ0v) is 11.4. The van der Waals surface area contributed by atoms with E-state index >= 15 is 0 Å². The summed E-state index contributed by atoms with van der Waals surface area (Å²) in [5.74, 6) is 1.28. The van der Waals surface area contributed by atoms with Gasteiger partial charge in [0.15, 0.2) is 0 Å². The number of benzene rings is 1. The number of unbranched alkanes of at least 4 members (excludes halogenated alkanes) is 1. The first-order chi connectivity index (χ1) is 9.29. The van der Waals surface area contributed by atoms with E-state index in [9.17, 15) is 4.79 Å². The largest absolute Gasteiger partial charge is 0.493 e. The van der Waals surface area contributed by atoms with Crippen molar-refractivity contribution in [3.63, 3.8) is 0 Å². The summed E-state index contributed by atoms with van der Waals surface area (Å²) < 4.78 is 10.7. The van der Waals surface area contributed by atoms with E-state index in [1.54, 1.807) is 0 Å². The summed E-state index contributed by atoms with van der Waals surface area (Å²) in [5.41, 5.74) is 1.21. The Hall–Kier alpha value is -1.71. The van der Waals surface area contributed by atoms with Crippen molar-refractivity contribution < 1.29 is 14.3 Å². The van der Waals surface area contributed by atoms with Crippen molar-refractivity contribution >= 4 is 6.09 Å². The van der Waals surface area contributed by atoms with Gasteiger partial charge >= 0.3 is 6.09 Å². The van der Waals surface area contributed by atoms with Gasteiger partial charge in [-0.25, -0.2) is 4.79 Å². The quantitative estimate of drug-likeness (QED) is 0.831. The van der Waals surface area contributed by atoms with Crippen LogP contribution in [0.4, 0.5) is 4.79 Å². The van der Waals surface area contributed by atoms with Gasteiger partial charge in [0.2, 0.25) is 0 Å². The van der Waals surface area contributed by atoms with Gasteiger partial charge in [-0.1, -0.05) is 31.5 Å². The lowest BCUT2D eigenvalue weighted by atomic mass is 9.97. The summed E-state index contributed by atoms with van der Waals surface area (Å²) in [6.07, 6.45) is 2.55. The van der Waals surface area contributed by atoms with Crippen molar-refractivity contribution in [1.82, 2.24) is 5.32 Å². The highest BCUT2D eigenvalue weighted by Gasteiger charge is 2.20. The fourth-order valence-corrected chi connectivity index (χ4v) is 2.11. The third-order valence-electron chi connectivity index (χ3n) is 3.22. The summed E-state index contributed by atoms with van der Waals surface area (Å²) in [6.45, 7) is 3.80. The second-order valence-electron chi connectivity index (χ2n) is 4.86. The summed E-state index contributed by atoms with van der Waals surface area (Å²) in [4.78, 5) is 11.4. The maximum Gasteiger partial charge on any atom is 0.407 e. The average Bonchev–Trinajstić information content (AvgIpc) is 2.45. The van der Waals surface area contributed by atoms with Gasteiger partial charge in [0.1, 0.15) is 5.75 Å². The molecule has 0 bridgehead atoms. The van der Waals surface area contributed by atoms with E-state index in [1.807, 2.05) is 18.2 Å². The van der Waals surface area contributed by atoms with Crippen molar-refractivity contribution in [1.29, 1.82) is 0 Å². The van der Waals surface area contributed by atoms with Crippen LogP contribution in [0.2, 0.25) is 0 Å². The minimum absolute atomic E-state index is 0.314. The summed E-state index contributed by atoms with van der Waals surface area (Å²) >= 11 is 0. The highest BCUT2D eigenvalue weighted by molar-refractivity contribution is 5.67. The van der Waals surface area contributed by atoms with Crippen LogP contribution < -0.4 is 10.1 Å². The minimum Gasteiger partial charge on any atom is -0.493 e. The van der Waals surface area contributed by atoms with Gasteiger partial charge in [-0.3, -0.25) is 0 Å². The first kappa shape index (κ1) is 13.7. The monoisotopic (exact) mass is 263 g/mol. The first-order valence-corrected chi connectivity index (χ1v) is 6.91. The molecule has 0 radical (unpaired) electrons. The third-order valence-corrected chi connectivity index (χ3v) is 3.22.